The zero-order valence-electron chi connectivity index (χ0n) is 17.1. The van der Waals surface area contributed by atoms with E-state index in [1.807, 2.05) is 49.4 Å². The number of aromatic nitrogens is 3. The number of benzene rings is 2. The summed E-state index contributed by atoms with van der Waals surface area (Å²) in [5.41, 5.74) is 5.82. The van der Waals surface area contributed by atoms with Crippen molar-refractivity contribution in [3.63, 3.8) is 0 Å². The van der Waals surface area contributed by atoms with Gasteiger partial charge in [-0.2, -0.15) is 4.98 Å². The topological polar surface area (TPSA) is 83.0 Å². The van der Waals surface area contributed by atoms with Crippen LogP contribution in [0.15, 0.2) is 54.0 Å². The minimum atomic E-state index is -0.145. The van der Waals surface area contributed by atoms with Gasteiger partial charge in [0.15, 0.2) is 0 Å². The molecule has 8 heteroatoms. The van der Waals surface area contributed by atoms with Crippen molar-refractivity contribution >= 4 is 50.6 Å². The molecule has 0 atom stereocenters. The third-order valence-corrected chi connectivity index (χ3v) is 6.05. The zero-order valence-corrected chi connectivity index (χ0v) is 17.9. The molecule has 0 bridgehead atoms. The van der Waals surface area contributed by atoms with Gasteiger partial charge in [0.25, 0.3) is 5.91 Å². The summed E-state index contributed by atoms with van der Waals surface area (Å²) in [6.07, 6.45) is 2.41. The lowest BCUT2D eigenvalue weighted by molar-refractivity contribution is 0.102. The van der Waals surface area contributed by atoms with Crippen molar-refractivity contribution in [1.82, 2.24) is 15.0 Å². The fraction of sp³-hybridized carbons (Fsp3) is 0.217. The Balaban J connectivity index is 1.27. The van der Waals surface area contributed by atoms with Gasteiger partial charge in [-0.25, -0.2) is 9.97 Å². The van der Waals surface area contributed by atoms with E-state index in [1.54, 1.807) is 11.6 Å². The Bertz CT molecular complexity index is 1230. The number of rotatable bonds is 5. The average Bonchev–Trinajstić information content (AvgIpc) is 3.46. The minimum Gasteiger partial charge on any atom is -0.356 e. The molecule has 3 heterocycles. The fourth-order valence-electron chi connectivity index (χ4n) is 3.68. The van der Waals surface area contributed by atoms with Crippen LogP contribution in [-0.4, -0.2) is 33.9 Å². The Morgan fingerprint density at radius 2 is 1.77 bits per heavy atom. The van der Waals surface area contributed by atoms with Gasteiger partial charge in [-0.3, -0.25) is 4.79 Å². The Morgan fingerprint density at radius 3 is 2.58 bits per heavy atom. The molecule has 0 radical (unpaired) electrons. The summed E-state index contributed by atoms with van der Waals surface area (Å²) >= 11 is 1.52. The number of fused-ring (bicyclic) bond motifs is 1. The maximum Gasteiger partial charge on any atom is 0.255 e. The van der Waals surface area contributed by atoms with Crippen LogP contribution in [0.4, 0.5) is 23.1 Å². The summed E-state index contributed by atoms with van der Waals surface area (Å²) in [6.45, 7) is 4.06. The molecule has 0 spiro atoms. The predicted octanol–water partition coefficient (Wildman–Crippen LogP) is 4.99. The van der Waals surface area contributed by atoms with Gasteiger partial charge in [0, 0.05) is 41.8 Å². The van der Waals surface area contributed by atoms with Gasteiger partial charge in [0.1, 0.15) is 5.82 Å². The van der Waals surface area contributed by atoms with Gasteiger partial charge in [0.05, 0.1) is 15.7 Å². The molecule has 2 N–H and O–H groups in total. The van der Waals surface area contributed by atoms with E-state index in [9.17, 15) is 4.79 Å². The van der Waals surface area contributed by atoms with Gasteiger partial charge in [-0.05, 0) is 62.2 Å². The second-order valence-electron chi connectivity index (χ2n) is 7.58. The van der Waals surface area contributed by atoms with Gasteiger partial charge in [-0.15, -0.1) is 11.3 Å². The molecule has 0 unspecified atom stereocenters. The van der Waals surface area contributed by atoms with Crippen LogP contribution in [0, 0.1) is 6.92 Å². The Hall–Kier alpha value is -3.52. The highest BCUT2D eigenvalue weighted by molar-refractivity contribution is 7.16. The number of nitrogens with one attached hydrogen (secondary N) is 2. The maximum atomic E-state index is 12.6. The van der Waals surface area contributed by atoms with E-state index < -0.39 is 0 Å². The number of hydrogen-bond acceptors (Lipinski definition) is 7. The molecule has 1 aliphatic heterocycles. The number of thiazole rings is 1. The first-order chi connectivity index (χ1) is 15.1. The van der Waals surface area contributed by atoms with Crippen molar-refractivity contribution in [2.24, 2.45) is 0 Å². The zero-order chi connectivity index (χ0) is 21.2. The molecule has 1 saturated heterocycles. The van der Waals surface area contributed by atoms with E-state index >= 15 is 0 Å². The molecule has 1 aliphatic rings. The maximum absolute atomic E-state index is 12.6. The first kappa shape index (κ1) is 19.4. The van der Waals surface area contributed by atoms with Gasteiger partial charge in [0.2, 0.25) is 5.95 Å². The number of nitrogens with zero attached hydrogens (tertiary/aromatic N) is 4. The van der Waals surface area contributed by atoms with Crippen molar-refractivity contribution in [2.75, 3.05) is 28.6 Å². The molecule has 7 nitrogen and oxygen atoms in total. The summed E-state index contributed by atoms with van der Waals surface area (Å²) in [4.78, 5) is 28.3. The molecule has 2 aromatic carbocycles. The van der Waals surface area contributed by atoms with Crippen LogP contribution in [0.2, 0.25) is 0 Å². The summed E-state index contributed by atoms with van der Waals surface area (Å²) in [5.74, 6) is 1.40. The van der Waals surface area contributed by atoms with Gasteiger partial charge >= 0.3 is 0 Å². The molecule has 1 amide bonds. The quantitative estimate of drug-likeness (QED) is 0.464. The second kappa shape index (κ2) is 8.31. The highest BCUT2D eigenvalue weighted by atomic mass is 32.1. The Labute approximate surface area is 184 Å². The highest BCUT2D eigenvalue weighted by Gasteiger charge is 2.15. The molecule has 0 saturated carbocycles. The largest absolute Gasteiger partial charge is 0.356 e. The lowest BCUT2D eigenvalue weighted by Crippen LogP contribution is -2.19. The van der Waals surface area contributed by atoms with Crippen LogP contribution in [0.5, 0.6) is 0 Å². The molecule has 5 rings (SSSR count). The van der Waals surface area contributed by atoms with Crippen LogP contribution in [-0.2, 0) is 0 Å². The van der Waals surface area contributed by atoms with Crippen LogP contribution in [0.25, 0.3) is 10.2 Å². The standard InChI is InChI=1S/C23H22N6OS/c1-15-12-21(29-10-2-3-11-29)28-23(25-15)27-18-7-5-17(6-8-18)26-22(30)16-4-9-19-20(13-16)31-14-24-19/h4-9,12-14H,2-3,10-11H2,1H3,(H,26,30)(H,25,27,28). The minimum absolute atomic E-state index is 0.145. The predicted molar refractivity (Wildman–Crippen MR) is 126 cm³/mol. The molecule has 4 aromatic rings. The van der Waals surface area contributed by atoms with Crippen LogP contribution in [0.3, 0.4) is 0 Å². The third kappa shape index (κ3) is 4.34. The van der Waals surface area contributed by atoms with E-state index in [2.05, 4.69) is 30.5 Å². The first-order valence-corrected chi connectivity index (χ1v) is 11.1. The molecule has 0 aliphatic carbocycles. The van der Waals surface area contributed by atoms with E-state index in [4.69, 9.17) is 0 Å². The summed E-state index contributed by atoms with van der Waals surface area (Å²) in [6, 6.07) is 15.1. The van der Waals surface area contributed by atoms with E-state index in [-0.39, 0.29) is 5.91 Å². The second-order valence-corrected chi connectivity index (χ2v) is 8.46. The van der Waals surface area contributed by atoms with Crippen molar-refractivity contribution < 1.29 is 4.79 Å². The lowest BCUT2D eigenvalue weighted by atomic mass is 10.2. The number of anilines is 4. The first-order valence-electron chi connectivity index (χ1n) is 10.3. The van der Waals surface area contributed by atoms with Crippen molar-refractivity contribution in [3.05, 3.63) is 65.3 Å². The number of hydrogen-bond donors (Lipinski definition) is 2. The number of carbonyl (C=O) groups excluding carboxylic acids is 1. The summed E-state index contributed by atoms with van der Waals surface area (Å²) in [5, 5.41) is 6.21. The molecular formula is C23H22N6OS. The third-order valence-electron chi connectivity index (χ3n) is 5.26. The van der Waals surface area contributed by atoms with E-state index in [0.29, 0.717) is 11.5 Å². The SMILES string of the molecule is Cc1cc(N2CCCC2)nc(Nc2ccc(NC(=O)c3ccc4ncsc4c3)cc2)n1. The van der Waals surface area contributed by atoms with Crippen LogP contribution >= 0.6 is 11.3 Å². The molecule has 1 fully saturated rings. The highest BCUT2D eigenvalue weighted by Crippen LogP contribution is 2.23. The van der Waals surface area contributed by atoms with Crippen LogP contribution in [0.1, 0.15) is 28.9 Å². The summed E-state index contributed by atoms with van der Waals surface area (Å²) < 4.78 is 0.999. The number of carbonyl (C=O) groups is 1. The number of aryl methyl sites for hydroxylation is 1. The van der Waals surface area contributed by atoms with Crippen molar-refractivity contribution in [2.45, 2.75) is 19.8 Å². The molecule has 156 valence electrons. The Morgan fingerprint density at radius 1 is 1.00 bits per heavy atom. The fourth-order valence-corrected chi connectivity index (χ4v) is 4.40. The summed E-state index contributed by atoms with van der Waals surface area (Å²) in [7, 11) is 0. The van der Waals surface area contributed by atoms with Gasteiger partial charge < -0.3 is 15.5 Å². The van der Waals surface area contributed by atoms with Crippen molar-refractivity contribution in [3.8, 4) is 0 Å². The van der Waals surface area contributed by atoms with E-state index in [0.717, 1.165) is 46.2 Å². The molecule has 31 heavy (non-hydrogen) atoms. The van der Waals surface area contributed by atoms with Crippen LogP contribution < -0.4 is 15.5 Å². The van der Waals surface area contributed by atoms with E-state index in [1.165, 1.54) is 24.2 Å². The lowest BCUT2D eigenvalue weighted by Gasteiger charge is -2.17. The monoisotopic (exact) mass is 430 g/mol. The Kier molecular flexibility index (Phi) is 5.21. The molecule has 2 aromatic heterocycles. The molecular weight excluding hydrogens is 408 g/mol. The normalized spacial score (nSPS) is 13.5. The average molecular weight is 431 g/mol. The smallest absolute Gasteiger partial charge is 0.255 e. The van der Waals surface area contributed by atoms with Crippen molar-refractivity contribution in [1.29, 1.82) is 0 Å². The number of amides is 1. The van der Waals surface area contributed by atoms with Gasteiger partial charge in [-0.1, -0.05) is 0 Å².